The predicted molar refractivity (Wildman–Crippen MR) is 63.8 cm³/mol. The Morgan fingerprint density at radius 3 is 2.53 bits per heavy atom. The molecule has 0 aromatic carbocycles. The summed E-state index contributed by atoms with van der Waals surface area (Å²) in [6.45, 7) is 11.4. The van der Waals surface area contributed by atoms with E-state index in [4.69, 9.17) is 4.74 Å². The zero-order valence-corrected chi connectivity index (χ0v) is 10.7. The average Bonchev–Trinajstić information content (AvgIpc) is 2.49. The van der Waals surface area contributed by atoms with Gasteiger partial charge in [0.15, 0.2) is 0 Å². The zero-order valence-electron chi connectivity index (χ0n) is 10.7. The van der Waals surface area contributed by atoms with Gasteiger partial charge in [-0.1, -0.05) is 39.3 Å². The number of ether oxygens (including phenoxy) is 1. The van der Waals surface area contributed by atoms with Crippen LogP contribution in [0.4, 0.5) is 0 Å². The van der Waals surface area contributed by atoms with Crippen LogP contribution in [0.5, 0.6) is 0 Å². The third kappa shape index (κ3) is 1.65. The van der Waals surface area contributed by atoms with Gasteiger partial charge in [-0.2, -0.15) is 0 Å². The summed E-state index contributed by atoms with van der Waals surface area (Å²) < 4.78 is 6.41. The predicted octanol–water partition coefficient (Wildman–Crippen LogP) is 3.79. The van der Waals surface area contributed by atoms with Crippen LogP contribution in [0.15, 0.2) is 11.6 Å². The van der Waals surface area contributed by atoms with Crippen molar-refractivity contribution in [2.45, 2.75) is 59.2 Å². The van der Waals surface area contributed by atoms with Gasteiger partial charge in [-0.15, -0.1) is 0 Å². The van der Waals surface area contributed by atoms with Crippen LogP contribution in [-0.2, 0) is 4.74 Å². The van der Waals surface area contributed by atoms with Crippen LogP contribution in [-0.4, -0.2) is 11.7 Å². The number of hydrogen-bond acceptors (Lipinski definition) is 1. The Labute approximate surface area is 93.9 Å². The molecule has 86 valence electrons. The first-order valence-corrected chi connectivity index (χ1v) is 6.31. The van der Waals surface area contributed by atoms with Crippen LogP contribution in [0.2, 0.25) is 0 Å². The van der Waals surface area contributed by atoms with Crippen molar-refractivity contribution in [3.63, 3.8) is 0 Å². The molecule has 0 amide bonds. The molecule has 0 aromatic heterocycles. The minimum Gasteiger partial charge on any atom is -0.370 e. The van der Waals surface area contributed by atoms with Gasteiger partial charge in [0.1, 0.15) is 0 Å². The van der Waals surface area contributed by atoms with Gasteiger partial charge in [-0.3, -0.25) is 0 Å². The molecule has 0 saturated carbocycles. The van der Waals surface area contributed by atoms with Gasteiger partial charge in [0.2, 0.25) is 0 Å². The second-order valence-corrected chi connectivity index (χ2v) is 6.01. The Balaban J connectivity index is 2.29. The van der Waals surface area contributed by atoms with E-state index in [-0.39, 0.29) is 5.60 Å². The number of fused-ring (bicyclic) bond motifs is 2. The molecule has 2 aliphatic rings. The van der Waals surface area contributed by atoms with E-state index in [2.05, 4.69) is 40.7 Å². The lowest BCUT2D eigenvalue weighted by Gasteiger charge is -2.34. The maximum atomic E-state index is 6.41. The van der Waals surface area contributed by atoms with Gasteiger partial charge in [-0.05, 0) is 31.6 Å². The SMILES string of the molecule is CC1=CC[C@]2(C(C)C)C[C@H]1[C@H](C(C)C)O2. The highest BCUT2D eigenvalue weighted by Crippen LogP contribution is 2.50. The second-order valence-electron chi connectivity index (χ2n) is 6.01. The van der Waals surface area contributed by atoms with Gasteiger partial charge < -0.3 is 4.74 Å². The van der Waals surface area contributed by atoms with Crippen molar-refractivity contribution in [2.24, 2.45) is 17.8 Å². The lowest BCUT2D eigenvalue weighted by Crippen LogP contribution is -2.36. The first kappa shape index (κ1) is 11.2. The summed E-state index contributed by atoms with van der Waals surface area (Å²) in [5.41, 5.74) is 1.71. The molecule has 2 bridgehead atoms. The number of rotatable bonds is 2. The van der Waals surface area contributed by atoms with E-state index in [1.807, 2.05) is 0 Å². The Bertz CT molecular complexity index is 277. The van der Waals surface area contributed by atoms with Crippen molar-refractivity contribution in [1.82, 2.24) is 0 Å². The van der Waals surface area contributed by atoms with E-state index in [1.54, 1.807) is 5.57 Å². The van der Waals surface area contributed by atoms with E-state index >= 15 is 0 Å². The maximum absolute atomic E-state index is 6.41. The normalized spacial score (nSPS) is 40.1. The van der Waals surface area contributed by atoms with Crippen LogP contribution in [0, 0.1) is 17.8 Å². The van der Waals surface area contributed by atoms with E-state index in [9.17, 15) is 0 Å². The molecular formula is C14H24O. The van der Waals surface area contributed by atoms with E-state index < -0.39 is 0 Å². The summed E-state index contributed by atoms with van der Waals surface area (Å²) in [4.78, 5) is 0. The quantitative estimate of drug-likeness (QED) is 0.627. The molecule has 1 fully saturated rings. The highest BCUT2D eigenvalue weighted by molar-refractivity contribution is 5.19. The standard InChI is InChI=1S/C14H24O/c1-9(2)13-12-8-14(15-13,10(3)4)7-6-11(12)5/h6,9-10,12-13H,7-8H2,1-5H3/t12-,13+,14-/m1/s1. The Kier molecular flexibility index (Phi) is 2.70. The first-order chi connectivity index (χ1) is 6.96. The molecule has 0 aromatic rings. The molecule has 1 heteroatoms. The van der Waals surface area contributed by atoms with Gasteiger partial charge in [0, 0.05) is 5.92 Å². The largest absolute Gasteiger partial charge is 0.370 e. The van der Waals surface area contributed by atoms with E-state index in [0.29, 0.717) is 23.9 Å². The fourth-order valence-electron chi connectivity index (χ4n) is 3.13. The molecule has 0 radical (unpaired) electrons. The third-order valence-electron chi connectivity index (χ3n) is 4.40. The van der Waals surface area contributed by atoms with Gasteiger partial charge in [0.05, 0.1) is 11.7 Å². The van der Waals surface area contributed by atoms with Crippen LogP contribution in [0.1, 0.15) is 47.5 Å². The summed E-state index contributed by atoms with van der Waals surface area (Å²) in [6, 6.07) is 0. The monoisotopic (exact) mass is 208 g/mol. The van der Waals surface area contributed by atoms with Gasteiger partial charge >= 0.3 is 0 Å². The first-order valence-electron chi connectivity index (χ1n) is 6.31. The van der Waals surface area contributed by atoms with E-state index in [1.165, 1.54) is 6.42 Å². The maximum Gasteiger partial charge on any atom is 0.0750 e. The van der Waals surface area contributed by atoms with Crippen LogP contribution in [0.25, 0.3) is 0 Å². The number of hydrogen-bond donors (Lipinski definition) is 0. The zero-order chi connectivity index (χ0) is 11.2. The molecule has 1 nitrogen and oxygen atoms in total. The second kappa shape index (κ2) is 3.62. The summed E-state index contributed by atoms with van der Waals surface area (Å²) in [5, 5.41) is 0. The summed E-state index contributed by atoms with van der Waals surface area (Å²) in [7, 11) is 0. The fraction of sp³-hybridized carbons (Fsp3) is 0.857. The Morgan fingerprint density at radius 2 is 2.00 bits per heavy atom. The topological polar surface area (TPSA) is 9.23 Å². The highest BCUT2D eigenvalue weighted by atomic mass is 16.5. The van der Waals surface area contributed by atoms with Crippen LogP contribution in [0.3, 0.4) is 0 Å². The molecular weight excluding hydrogens is 184 g/mol. The van der Waals surface area contributed by atoms with Crippen molar-refractivity contribution in [1.29, 1.82) is 0 Å². The fourth-order valence-corrected chi connectivity index (χ4v) is 3.13. The van der Waals surface area contributed by atoms with Gasteiger partial charge in [-0.25, -0.2) is 0 Å². The minimum absolute atomic E-state index is 0.152. The molecule has 1 heterocycles. The van der Waals surface area contributed by atoms with E-state index in [0.717, 1.165) is 6.42 Å². The van der Waals surface area contributed by atoms with Crippen molar-refractivity contribution in [2.75, 3.05) is 0 Å². The van der Waals surface area contributed by atoms with Crippen molar-refractivity contribution < 1.29 is 4.74 Å². The summed E-state index contributed by atoms with van der Waals surface area (Å²) >= 11 is 0. The molecule has 1 saturated heterocycles. The summed E-state index contributed by atoms with van der Waals surface area (Å²) in [5.74, 6) is 1.95. The molecule has 3 atom stereocenters. The van der Waals surface area contributed by atoms with Crippen molar-refractivity contribution >= 4 is 0 Å². The molecule has 15 heavy (non-hydrogen) atoms. The molecule has 0 N–H and O–H groups in total. The van der Waals surface area contributed by atoms with Crippen LogP contribution < -0.4 is 0 Å². The van der Waals surface area contributed by atoms with Crippen molar-refractivity contribution in [3.8, 4) is 0 Å². The Morgan fingerprint density at radius 1 is 1.33 bits per heavy atom. The summed E-state index contributed by atoms with van der Waals surface area (Å²) in [6.07, 6.45) is 5.23. The lowest BCUT2D eigenvalue weighted by atomic mass is 9.73. The molecule has 0 spiro atoms. The highest BCUT2D eigenvalue weighted by Gasteiger charge is 2.50. The van der Waals surface area contributed by atoms with Crippen LogP contribution >= 0.6 is 0 Å². The smallest absolute Gasteiger partial charge is 0.0750 e. The average molecular weight is 208 g/mol. The molecule has 2 rings (SSSR count). The molecule has 1 aliphatic carbocycles. The lowest BCUT2D eigenvalue weighted by molar-refractivity contribution is -0.0833. The molecule has 0 unspecified atom stereocenters. The van der Waals surface area contributed by atoms with Gasteiger partial charge in [0.25, 0.3) is 0 Å². The minimum atomic E-state index is 0.152. The Hall–Kier alpha value is -0.300. The molecule has 1 aliphatic heterocycles. The van der Waals surface area contributed by atoms with Crippen molar-refractivity contribution in [3.05, 3.63) is 11.6 Å². The third-order valence-corrected chi connectivity index (χ3v) is 4.40.